The molecule has 3 N–H and O–H groups in total. The number of ether oxygens (including phenoxy) is 2. The van der Waals surface area contributed by atoms with Crippen molar-refractivity contribution in [1.82, 2.24) is 0 Å². The molecule has 3 unspecified atom stereocenters. The molecule has 0 radical (unpaired) electrons. The van der Waals surface area contributed by atoms with E-state index < -0.39 is 39.2 Å². The van der Waals surface area contributed by atoms with Gasteiger partial charge in [-0.25, -0.2) is 4.57 Å². The number of phosphoric ester groups is 1. The van der Waals surface area contributed by atoms with Crippen molar-refractivity contribution < 1.29 is 43.0 Å². The van der Waals surface area contributed by atoms with Crippen molar-refractivity contribution in [3.63, 3.8) is 0 Å². The number of carbonyl (C=O) groups excluding carboxylic acids is 1. The lowest BCUT2D eigenvalue weighted by molar-refractivity contribution is -0.154. The second-order valence-corrected chi connectivity index (χ2v) is 18.3. The molecular formula is C50H95O9P. The summed E-state index contributed by atoms with van der Waals surface area (Å²) in [4.78, 5) is 22.7. The number of aliphatic hydroxyl groups is 2. The first-order chi connectivity index (χ1) is 29.3. The maximum Gasteiger partial charge on any atom is 0.472 e. The van der Waals surface area contributed by atoms with Crippen LogP contribution in [0.25, 0.3) is 0 Å². The van der Waals surface area contributed by atoms with Crippen LogP contribution in [0.1, 0.15) is 232 Å². The van der Waals surface area contributed by atoms with E-state index in [1.54, 1.807) is 0 Å². The first-order valence-corrected chi connectivity index (χ1v) is 26.5. The Morgan fingerprint density at radius 2 is 0.900 bits per heavy atom. The summed E-state index contributed by atoms with van der Waals surface area (Å²) in [6, 6.07) is 0. The van der Waals surface area contributed by atoms with Crippen LogP contribution in [0.2, 0.25) is 0 Å². The first kappa shape index (κ1) is 58.7. The monoisotopic (exact) mass is 871 g/mol. The van der Waals surface area contributed by atoms with Gasteiger partial charge in [0.2, 0.25) is 0 Å². The summed E-state index contributed by atoms with van der Waals surface area (Å²) in [5, 5.41) is 18.4. The molecule has 0 aliphatic carbocycles. The molecule has 0 aliphatic rings. The highest BCUT2D eigenvalue weighted by Crippen LogP contribution is 2.43. The predicted molar refractivity (Wildman–Crippen MR) is 251 cm³/mol. The highest BCUT2D eigenvalue weighted by atomic mass is 31.2. The largest absolute Gasteiger partial charge is 0.472 e. The fourth-order valence-electron chi connectivity index (χ4n) is 7.01. The van der Waals surface area contributed by atoms with Crippen LogP contribution in [0.5, 0.6) is 0 Å². The maximum absolute atomic E-state index is 12.7. The van der Waals surface area contributed by atoms with Gasteiger partial charge in [0, 0.05) is 13.0 Å². The molecule has 0 rings (SSSR count). The van der Waals surface area contributed by atoms with Crippen molar-refractivity contribution in [3.05, 3.63) is 36.5 Å². The van der Waals surface area contributed by atoms with Crippen molar-refractivity contribution in [2.45, 2.75) is 244 Å². The van der Waals surface area contributed by atoms with Gasteiger partial charge in [-0.1, -0.05) is 211 Å². The summed E-state index contributed by atoms with van der Waals surface area (Å²) in [5.41, 5.74) is 0. The Labute approximate surface area is 369 Å². The Kier molecular flexibility index (Phi) is 46.1. The number of allylic oxidation sites excluding steroid dienone is 6. The molecular weight excluding hydrogens is 776 g/mol. The Bertz CT molecular complexity index is 1030. The Balaban J connectivity index is 4.11. The van der Waals surface area contributed by atoms with Crippen LogP contribution in [-0.2, 0) is 27.9 Å². The summed E-state index contributed by atoms with van der Waals surface area (Å²) in [7, 11) is -4.52. The maximum atomic E-state index is 12.7. The SMILES string of the molecule is CCCCCCC/C=C\C/C=C\C/C=C\CCCCCCCCC(=O)OC(COCCCCCCCCCCCCCCCCCCCC)COP(=O)(O)OCC(O)CO. The lowest BCUT2D eigenvalue weighted by Gasteiger charge is -2.20. The summed E-state index contributed by atoms with van der Waals surface area (Å²) in [6.45, 7) is 3.53. The van der Waals surface area contributed by atoms with Crippen LogP contribution in [0, 0.1) is 0 Å². The van der Waals surface area contributed by atoms with Gasteiger partial charge in [-0.2, -0.15) is 0 Å². The average Bonchev–Trinajstić information content (AvgIpc) is 3.24. The average molecular weight is 871 g/mol. The number of hydrogen-bond acceptors (Lipinski definition) is 8. The number of aliphatic hydroxyl groups excluding tert-OH is 2. The van der Waals surface area contributed by atoms with Crippen molar-refractivity contribution in [2.24, 2.45) is 0 Å². The molecule has 0 heterocycles. The van der Waals surface area contributed by atoms with Gasteiger partial charge in [0.15, 0.2) is 0 Å². The van der Waals surface area contributed by atoms with Crippen LogP contribution in [0.15, 0.2) is 36.5 Å². The molecule has 0 aromatic heterocycles. The smallest absolute Gasteiger partial charge is 0.457 e. The quantitative estimate of drug-likeness (QED) is 0.0237. The van der Waals surface area contributed by atoms with Gasteiger partial charge in [-0.05, 0) is 51.4 Å². The molecule has 0 aromatic rings. The van der Waals surface area contributed by atoms with Crippen LogP contribution in [0.3, 0.4) is 0 Å². The normalized spacial score (nSPS) is 14.2. The second-order valence-electron chi connectivity index (χ2n) is 16.8. The standard InChI is InChI=1S/C50H95O9P/c1-3-5-7-9-11-13-15-17-19-21-23-24-25-26-28-30-32-34-36-38-40-42-50(53)59-49(47-58-60(54,55)57-45-48(52)44-51)46-56-43-41-39-37-35-33-31-29-27-22-20-18-16-14-12-10-8-6-4-2/h15,17,21,23,25-26,48-49,51-52H,3-14,16,18-20,22,24,27-47H2,1-2H3,(H,54,55)/b17-15-,23-21-,26-25-. The van der Waals surface area contributed by atoms with Crippen LogP contribution < -0.4 is 0 Å². The molecule has 0 saturated heterocycles. The van der Waals surface area contributed by atoms with Crippen LogP contribution in [-0.4, -0.2) is 66.3 Å². The first-order valence-electron chi connectivity index (χ1n) is 25.0. The van der Waals surface area contributed by atoms with Gasteiger partial charge >= 0.3 is 13.8 Å². The third-order valence-corrected chi connectivity index (χ3v) is 11.8. The summed E-state index contributed by atoms with van der Waals surface area (Å²) in [6.07, 6.45) is 52.5. The molecule has 0 saturated carbocycles. The minimum atomic E-state index is -4.52. The van der Waals surface area contributed by atoms with Crippen molar-refractivity contribution in [3.8, 4) is 0 Å². The molecule has 0 aromatic carbocycles. The molecule has 354 valence electrons. The van der Waals surface area contributed by atoms with Crippen molar-refractivity contribution >= 4 is 13.8 Å². The van der Waals surface area contributed by atoms with Gasteiger partial charge in [0.05, 0.1) is 26.4 Å². The van der Waals surface area contributed by atoms with E-state index in [0.29, 0.717) is 13.0 Å². The van der Waals surface area contributed by atoms with E-state index >= 15 is 0 Å². The van der Waals surface area contributed by atoms with E-state index in [1.807, 2.05) is 0 Å². The minimum Gasteiger partial charge on any atom is -0.457 e. The van der Waals surface area contributed by atoms with Gasteiger partial charge in [0.1, 0.15) is 12.2 Å². The van der Waals surface area contributed by atoms with Gasteiger partial charge < -0.3 is 24.6 Å². The number of unbranched alkanes of at least 4 members (excludes halogenated alkanes) is 28. The molecule has 9 nitrogen and oxygen atoms in total. The van der Waals surface area contributed by atoms with Crippen LogP contribution in [0.4, 0.5) is 0 Å². The fraction of sp³-hybridized carbons (Fsp3) is 0.860. The molecule has 0 amide bonds. The Morgan fingerprint density at radius 1 is 0.517 bits per heavy atom. The van der Waals surface area contributed by atoms with E-state index in [1.165, 1.54) is 154 Å². The number of phosphoric acid groups is 1. The van der Waals surface area contributed by atoms with E-state index in [9.17, 15) is 19.4 Å². The zero-order valence-corrected chi connectivity index (χ0v) is 39.8. The van der Waals surface area contributed by atoms with Gasteiger partial charge in [-0.3, -0.25) is 13.8 Å². The topological polar surface area (TPSA) is 132 Å². The fourth-order valence-corrected chi connectivity index (χ4v) is 7.80. The number of hydrogen-bond donors (Lipinski definition) is 3. The summed E-state index contributed by atoms with van der Waals surface area (Å²) in [5.74, 6) is -0.391. The Hall–Kier alpha value is -1.32. The molecule has 3 atom stereocenters. The Morgan fingerprint density at radius 3 is 1.35 bits per heavy atom. The number of carbonyl (C=O) groups is 1. The zero-order chi connectivity index (χ0) is 43.9. The molecule has 0 spiro atoms. The van der Waals surface area contributed by atoms with Crippen LogP contribution >= 0.6 is 7.82 Å². The third-order valence-electron chi connectivity index (χ3n) is 10.8. The zero-order valence-electron chi connectivity index (χ0n) is 38.9. The number of rotatable bonds is 48. The molecule has 0 fully saturated rings. The third kappa shape index (κ3) is 46.2. The molecule has 0 bridgehead atoms. The van der Waals surface area contributed by atoms with E-state index in [4.69, 9.17) is 23.6 Å². The van der Waals surface area contributed by atoms with Crippen molar-refractivity contribution in [2.75, 3.05) is 33.0 Å². The lowest BCUT2D eigenvalue weighted by atomic mass is 10.0. The van der Waals surface area contributed by atoms with Crippen molar-refractivity contribution in [1.29, 1.82) is 0 Å². The van der Waals surface area contributed by atoms with E-state index in [0.717, 1.165) is 51.4 Å². The lowest BCUT2D eigenvalue weighted by Crippen LogP contribution is -2.29. The molecule has 0 aliphatic heterocycles. The van der Waals surface area contributed by atoms with Gasteiger partial charge in [-0.15, -0.1) is 0 Å². The van der Waals surface area contributed by atoms with Gasteiger partial charge in [0.25, 0.3) is 0 Å². The summed E-state index contributed by atoms with van der Waals surface area (Å²) >= 11 is 0. The van der Waals surface area contributed by atoms with E-state index in [-0.39, 0.29) is 19.6 Å². The highest BCUT2D eigenvalue weighted by molar-refractivity contribution is 7.47. The minimum absolute atomic E-state index is 0.0470. The summed E-state index contributed by atoms with van der Waals surface area (Å²) < 4.78 is 33.5. The molecule has 60 heavy (non-hydrogen) atoms. The highest BCUT2D eigenvalue weighted by Gasteiger charge is 2.26. The van der Waals surface area contributed by atoms with E-state index in [2.05, 4.69) is 50.3 Å². The second kappa shape index (κ2) is 47.2. The predicted octanol–water partition coefficient (Wildman–Crippen LogP) is 14.4. The molecule has 10 heteroatoms. The number of esters is 1.